The second-order valence-electron chi connectivity index (χ2n) is 9.31. The Hall–Kier alpha value is -2.71. The van der Waals surface area contributed by atoms with E-state index in [1.54, 1.807) is 0 Å². The molecule has 3 aromatic carbocycles. The highest BCUT2D eigenvalue weighted by Crippen LogP contribution is 2.28. The zero-order valence-electron chi connectivity index (χ0n) is 20.4. The van der Waals surface area contributed by atoms with Crippen LogP contribution in [0.15, 0.2) is 82.8 Å². The van der Waals surface area contributed by atoms with Crippen molar-refractivity contribution in [2.75, 3.05) is 13.1 Å². The zero-order valence-corrected chi connectivity index (χ0v) is 22.7. The molecule has 0 aromatic heterocycles. The first-order valence-electron chi connectivity index (χ1n) is 11.4. The van der Waals surface area contributed by atoms with Gasteiger partial charge in [0.15, 0.2) is 0 Å². The number of rotatable bonds is 9. The fourth-order valence-electron chi connectivity index (χ4n) is 3.44. The first kappa shape index (κ1) is 27.9. The molecular formula is C27H29Cl2N3O3S. The molecule has 0 aliphatic rings. The van der Waals surface area contributed by atoms with Crippen molar-refractivity contribution in [1.29, 1.82) is 0 Å². The van der Waals surface area contributed by atoms with Gasteiger partial charge in [-0.25, -0.2) is 13.8 Å². The molecule has 0 saturated heterocycles. The molecule has 0 heterocycles. The molecule has 0 bridgehead atoms. The average Bonchev–Trinajstić information content (AvgIpc) is 2.83. The van der Waals surface area contributed by atoms with Crippen LogP contribution < -0.4 is 5.43 Å². The molecule has 0 aliphatic carbocycles. The Morgan fingerprint density at radius 1 is 1.00 bits per heavy atom. The highest BCUT2D eigenvalue weighted by Gasteiger charge is 2.29. The number of carbonyl (C=O) groups is 1. The summed E-state index contributed by atoms with van der Waals surface area (Å²) in [6.45, 7) is 6.03. The van der Waals surface area contributed by atoms with E-state index in [-0.39, 0.29) is 26.9 Å². The molecule has 1 N–H and O–H groups in total. The summed E-state index contributed by atoms with van der Waals surface area (Å²) in [6.07, 6.45) is 1.93. The van der Waals surface area contributed by atoms with Crippen molar-refractivity contribution in [2.45, 2.75) is 37.5 Å². The van der Waals surface area contributed by atoms with Gasteiger partial charge >= 0.3 is 0 Å². The molecule has 9 heteroatoms. The topological polar surface area (TPSA) is 78.8 Å². The minimum Gasteiger partial charge on any atom is -0.272 e. The Morgan fingerprint density at radius 2 is 1.67 bits per heavy atom. The molecule has 3 rings (SSSR count). The third-order valence-corrected chi connectivity index (χ3v) is 8.07. The number of benzene rings is 3. The average molecular weight is 547 g/mol. The van der Waals surface area contributed by atoms with Crippen molar-refractivity contribution in [1.82, 2.24) is 9.73 Å². The fraction of sp³-hybridized carbons (Fsp3) is 0.259. The number of carbonyl (C=O) groups excluding carboxylic acids is 1. The number of hydrazone groups is 1. The van der Waals surface area contributed by atoms with E-state index in [4.69, 9.17) is 23.2 Å². The molecule has 190 valence electrons. The first-order chi connectivity index (χ1) is 17.0. The minimum absolute atomic E-state index is 0.0289. The molecule has 36 heavy (non-hydrogen) atoms. The van der Waals surface area contributed by atoms with Crippen LogP contribution in [0.5, 0.6) is 0 Å². The Morgan fingerprint density at radius 3 is 2.31 bits per heavy atom. The third kappa shape index (κ3) is 7.64. The molecular weight excluding hydrogens is 517 g/mol. The van der Waals surface area contributed by atoms with Gasteiger partial charge in [0.1, 0.15) is 4.90 Å². The molecule has 0 atom stereocenters. The Balaban J connectivity index is 1.75. The van der Waals surface area contributed by atoms with Crippen molar-refractivity contribution in [3.63, 3.8) is 0 Å². The van der Waals surface area contributed by atoms with E-state index in [0.29, 0.717) is 6.42 Å². The third-order valence-electron chi connectivity index (χ3n) is 5.50. The summed E-state index contributed by atoms with van der Waals surface area (Å²) in [5.41, 5.74) is 5.38. The fourth-order valence-corrected chi connectivity index (χ4v) is 5.57. The maximum atomic E-state index is 13.4. The lowest BCUT2D eigenvalue weighted by molar-refractivity contribution is -0.121. The van der Waals surface area contributed by atoms with Gasteiger partial charge in [-0.05, 0) is 46.7 Å². The van der Waals surface area contributed by atoms with Crippen LogP contribution in [0.2, 0.25) is 10.0 Å². The maximum Gasteiger partial charge on any atom is 0.255 e. The van der Waals surface area contributed by atoms with Crippen LogP contribution in [0.3, 0.4) is 0 Å². The van der Waals surface area contributed by atoms with E-state index in [1.807, 2.05) is 54.6 Å². The van der Waals surface area contributed by atoms with E-state index in [0.717, 1.165) is 15.4 Å². The van der Waals surface area contributed by atoms with Gasteiger partial charge in [-0.2, -0.15) is 9.41 Å². The number of halogens is 2. The van der Waals surface area contributed by atoms with Crippen molar-refractivity contribution in [3.05, 3.63) is 99.5 Å². The summed E-state index contributed by atoms with van der Waals surface area (Å²) in [7, 11) is -4.11. The Kier molecular flexibility index (Phi) is 9.30. The van der Waals surface area contributed by atoms with E-state index in [2.05, 4.69) is 31.3 Å². The van der Waals surface area contributed by atoms with Gasteiger partial charge in [0.25, 0.3) is 5.91 Å². The molecule has 0 unspecified atom stereocenters. The zero-order chi connectivity index (χ0) is 26.3. The van der Waals surface area contributed by atoms with Crippen molar-refractivity contribution in [3.8, 4) is 0 Å². The summed E-state index contributed by atoms with van der Waals surface area (Å²) >= 11 is 12.2. The second-order valence-corrected chi connectivity index (χ2v) is 12.1. The van der Waals surface area contributed by atoms with E-state index in [1.165, 1.54) is 30.0 Å². The summed E-state index contributed by atoms with van der Waals surface area (Å²) < 4.78 is 28.0. The predicted molar refractivity (Wildman–Crippen MR) is 146 cm³/mol. The van der Waals surface area contributed by atoms with Crippen molar-refractivity contribution in [2.24, 2.45) is 5.10 Å². The van der Waals surface area contributed by atoms with Gasteiger partial charge in [0.05, 0.1) is 17.8 Å². The maximum absolute atomic E-state index is 13.4. The number of nitrogens with one attached hydrogen (secondary N) is 1. The summed E-state index contributed by atoms with van der Waals surface area (Å²) in [6, 6.07) is 21.5. The van der Waals surface area contributed by atoms with E-state index >= 15 is 0 Å². The van der Waals surface area contributed by atoms with Gasteiger partial charge in [-0.15, -0.1) is 0 Å². The standard InChI is InChI=1S/C27H29Cl2N3O3S/c1-27(2,3)22-11-9-21(10-12-22)18-30-31-26(33)19-32(16-15-20-7-5-4-6-8-20)36(34,35)25-17-23(28)13-14-24(25)29/h4-14,17-18H,15-16,19H2,1-3H3,(H,31,33)/b30-18-. The SMILES string of the molecule is CC(C)(C)c1ccc(/C=N\NC(=O)CN(CCc2ccccc2)S(=O)(=O)c2cc(Cl)ccc2Cl)cc1. The van der Waals surface area contributed by atoms with Crippen LogP contribution in [0.1, 0.15) is 37.5 Å². The van der Waals surface area contributed by atoms with Crippen LogP contribution >= 0.6 is 23.2 Å². The van der Waals surface area contributed by atoms with E-state index < -0.39 is 22.5 Å². The minimum atomic E-state index is -4.11. The molecule has 0 saturated carbocycles. The lowest BCUT2D eigenvalue weighted by Crippen LogP contribution is -2.40. The van der Waals surface area contributed by atoms with Gasteiger partial charge in [-0.1, -0.05) is 98.6 Å². The molecule has 0 fully saturated rings. The van der Waals surface area contributed by atoms with Crippen LogP contribution in [0, 0.1) is 0 Å². The van der Waals surface area contributed by atoms with Gasteiger partial charge in [0.2, 0.25) is 10.0 Å². The van der Waals surface area contributed by atoms with Gasteiger partial charge < -0.3 is 0 Å². The smallest absolute Gasteiger partial charge is 0.255 e. The predicted octanol–water partition coefficient (Wildman–Crippen LogP) is 5.67. The highest BCUT2D eigenvalue weighted by atomic mass is 35.5. The summed E-state index contributed by atoms with van der Waals surface area (Å²) in [5, 5.41) is 4.26. The highest BCUT2D eigenvalue weighted by molar-refractivity contribution is 7.89. The van der Waals surface area contributed by atoms with Gasteiger partial charge in [0, 0.05) is 11.6 Å². The van der Waals surface area contributed by atoms with E-state index in [9.17, 15) is 13.2 Å². The monoisotopic (exact) mass is 545 g/mol. The molecule has 3 aromatic rings. The Bertz CT molecular complexity index is 1320. The van der Waals surface area contributed by atoms with Crippen LogP contribution in [0.25, 0.3) is 0 Å². The number of sulfonamides is 1. The molecule has 1 amide bonds. The molecule has 0 spiro atoms. The first-order valence-corrected chi connectivity index (χ1v) is 13.6. The number of nitrogens with zero attached hydrogens (tertiary/aromatic N) is 2. The lowest BCUT2D eigenvalue weighted by atomic mass is 9.87. The lowest BCUT2D eigenvalue weighted by Gasteiger charge is -2.22. The summed E-state index contributed by atoms with van der Waals surface area (Å²) in [4.78, 5) is 12.5. The van der Waals surface area contributed by atoms with Crippen LogP contribution in [-0.2, 0) is 26.7 Å². The molecule has 6 nitrogen and oxygen atoms in total. The quantitative estimate of drug-likeness (QED) is 0.277. The summed E-state index contributed by atoms with van der Waals surface area (Å²) in [5.74, 6) is -0.577. The van der Waals surface area contributed by atoms with Crippen molar-refractivity contribution < 1.29 is 13.2 Å². The number of hydrogen-bond donors (Lipinski definition) is 1. The number of amides is 1. The largest absolute Gasteiger partial charge is 0.272 e. The van der Waals surface area contributed by atoms with Crippen LogP contribution in [0.4, 0.5) is 0 Å². The Labute approximate surface area is 223 Å². The molecule has 0 aliphatic heterocycles. The van der Waals surface area contributed by atoms with Crippen LogP contribution in [-0.4, -0.2) is 37.9 Å². The van der Waals surface area contributed by atoms with Gasteiger partial charge in [-0.3, -0.25) is 4.79 Å². The molecule has 0 radical (unpaired) electrons. The number of hydrogen-bond acceptors (Lipinski definition) is 4. The second kappa shape index (κ2) is 12.0. The van der Waals surface area contributed by atoms with Crippen molar-refractivity contribution >= 4 is 45.3 Å². The normalized spacial score (nSPS) is 12.3.